The van der Waals surface area contributed by atoms with Gasteiger partial charge in [0.05, 0.1) is 11.7 Å². The third-order valence-electron chi connectivity index (χ3n) is 5.85. The monoisotopic (exact) mass is 442 g/mol. The first-order valence-electron chi connectivity index (χ1n) is 10.8. The fourth-order valence-corrected chi connectivity index (χ4v) is 3.76. The molecule has 2 aromatic rings. The quantitative estimate of drug-likeness (QED) is 0.639. The SMILES string of the molecule is CN[C@@H](C)C(=O)N[C@H](C(=O)N1CCc2[nH]c(=O)c(Cc3ccc(F)cc3)cc21)C(C)(C)C. The zero-order chi connectivity index (χ0) is 23.6. The molecular weight excluding hydrogens is 411 g/mol. The van der Waals surface area contributed by atoms with Crippen LogP contribution in [0.2, 0.25) is 0 Å². The molecule has 1 aromatic carbocycles. The molecule has 0 radical (unpaired) electrons. The van der Waals surface area contributed by atoms with Crippen LogP contribution in [0, 0.1) is 11.2 Å². The van der Waals surface area contributed by atoms with E-state index in [2.05, 4.69) is 15.6 Å². The number of H-pyrrole nitrogens is 1. The molecule has 0 saturated carbocycles. The van der Waals surface area contributed by atoms with E-state index in [0.29, 0.717) is 36.3 Å². The fraction of sp³-hybridized carbons (Fsp3) is 0.458. The molecule has 7 nitrogen and oxygen atoms in total. The van der Waals surface area contributed by atoms with Gasteiger partial charge in [0.25, 0.3) is 5.56 Å². The minimum atomic E-state index is -0.732. The summed E-state index contributed by atoms with van der Waals surface area (Å²) in [6.45, 7) is 7.88. The highest BCUT2D eigenvalue weighted by molar-refractivity contribution is 6.01. The van der Waals surface area contributed by atoms with Crippen LogP contribution in [0.4, 0.5) is 10.1 Å². The molecule has 32 heavy (non-hydrogen) atoms. The average Bonchev–Trinajstić information content (AvgIpc) is 3.14. The minimum Gasteiger partial charge on any atom is -0.342 e. The van der Waals surface area contributed by atoms with Crippen molar-refractivity contribution < 1.29 is 14.0 Å². The Kier molecular flexibility index (Phi) is 6.83. The van der Waals surface area contributed by atoms with Gasteiger partial charge in [-0.05, 0) is 43.1 Å². The van der Waals surface area contributed by atoms with Crippen molar-refractivity contribution in [3.8, 4) is 0 Å². The number of hydrogen-bond acceptors (Lipinski definition) is 4. The van der Waals surface area contributed by atoms with Gasteiger partial charge in [0.2, 0.25) is 11.8 Å². The Balaban J connectivity index is 1.90. The third-order valence-corrected chi connectivity index (χ3v) is 5.85. The molecule has 0 saturated heterocycles. The number of rotatable bonds is 6. The minimum absolute atomic E-state index is 0.215. The summed E-state index contributed by atoms with van der Waals surface area (Å²) in [5, 5.41) is 5.77. The van der Waals surface area contributed by atoms with Crippen LogP contribution in [-0.2, 0) is 22.4 Å². The summed E-state index contributed by atoms with van der Waals surface area (Å²) in [6.07, 6.45) is 0.856. The molecule has 1 aromatic heterocycles. The molecule has 2 atom stereocenters. The number of carbonyl (C=O) groups is 2. The normalized spacial score (nSPS) is 15.2. The molecule has 3 rings (SSSR count). The predicted molar refractivity (Wildman–Crippen MR) is 122 cm³/mol. The van der Waals surface area contributed by atoms with E-state index in [9.17, 15) is 18.8 Å². The summed E-state index contributed by atoms with van der Waals surface area (Å²) in [5.74, 6) is -0.803. The highest BCUT2D eigenvalue weighted by Gasteiger charge is 2.39. The van der Waals surface area contributed by atoms with Crippen LogP contribution in [0.3, 0.4) is 0 Å². The fourth-order valence-electron chi connectivity index (χ4n) is 3.76. The van der Waals surface area contributed by atoms with Crippen molar-refractivity contribution in [3.63, 3.8) is 0 Å². The van der Waals surface area contributed by atoms with Crippen molar-refractivity contribution in [2.45, 2.75) is 52.6 Å². The Labute approximate surface area is 187 Å². The van der Waals surface area contributed by atoms with Crippen molar-refractivity contribution in [2.75, 3.05) is 18.5 Å². The van der Waals surface area contributed by atoms with Crippen molar-refractivity contribution in [2.24, 2.45) is 5.41 Å². The molecule has 2 amide bonds. The summed E-state index contributed by atoms with van der Waals surface area (Å²) >= 11 is 0. The molecule has 1 aliphatic rings. The van der Waals surface area contributed by atoms with E-state index < -0.39 is 17.5 Å². The predicted octanol–water partition coefficient (Wildman–Crippen LogP) is 2.13. The number of carbonyl (C=O) groups excluding carboxylic acids is 2. The van der Waals surface area contributed by atoms with Crippen LogP contribution < -0.4 is 21.1 Å². The first kappa shape index (κ1) is 23.7. The summed E-state index contributed by atoms with van der Waals surface area (Å²) in [4.78, 5) is 43.2. The van der Waals surface area contributed by atoms with Gasteiger partial charge in [-0.15, -0.1) is 0 Å². The van der Waals surface area contributed by atoms with Crippen LogP contribution >= 0.6 is 0 Å². The molecule has 0 aliphatic carbocycles. The van der Waals surface area contributed by atoms with Crippen molar-refractivity contribution in [1.29, 1.82) is 0 Å². The van der Waals surface area contributed by atoms with Crippen molar-refractivity contribution >= 4 is 17.5 Å². The van der Waals surface area contributed by atoms with E-state index in [1.807, 2.05) is 20.8 Å². The number of benzene rings is 1. The molecular formula is C24H31FN4O3. The number of hydrogen-bond donors (Lipinski definition) is 3. The van der Waals surface area contributed by atoms with Gasteiger partial charge in [-0.1, -0.05) is 32.9 Å². The maximum atomic E-state index is 13.6. The lowest BCUT2D eigenvalue weighted by atomic mass is 9.85. The van der Waals surface area contributed by atoms with E-state index in [0.717, 1.165) is 5.56 Å². The van der Waals surface area contributed by atoms with Gasteiger partial charge < -0.3 is 20.5 Å². The maximum Gasteiger partial charge on any atom is 0.251 e. The molecule has 2 heterocycles. The molecule has 0 spiro atoms. The Morgan fingerprint density at radius 3 is 2.47 bits per heavy atom. The van der Waals surface area contributed by atoms with Crippen LogP contribution in [0.25, 0.3) is 0 Å². The van der Waals surface area contributed by atoms with Crippen LogP contribution in [0.1, 0.15) is 44.5 Å². The molecule has 0 unspecified atom stereocenters. The maximum absolute atomic E-state index is 13.6. The van der Waals surface area contributed by atoms with E-state index in [4.69, 9.17) is 0 Å². The topological polar surface area (TPSA) is 94.3 Å². The van der Waals surface area contributed by atoms with E-state index in [-0.39, 0.29) is 23.2 Å². The van der Waals surface area contributed by atoms with Gasteiger partial charge in [0.1, 0.15) is 11.9 Å². The molecule has 3 N–H and O–H groups in total. The lowest BCUT2D eigenvalue weighted by Gasteiger charge is -2.34. The number of halogens is 1. The van der Waals surface area contributed by atoms with Crippen LogP contribution in [-0.4, -0.2) is 42.5 Å². The number of amides is 2. The Bertz CT molecular complexity index is 1060. The van der Waals surface area contributed by atoms with Crippen molar-refractivity contribution in [3.05, 3.63) is 63.3 Å². The number of aromatic amines is 1. The number of nitrogens with zero attached hydrogens (tertiary/aromatic N) is 1. The second kappa shape index (κ2) is 9.24. The standard InChI is InChI=1S/C24H31FN4O3/c1-14(26-5)21(30)28-20(24(2,3)4)23(32)29-11-10-18-19(29)13-16(22(31)27-18)12-15-6-8-17(25)9-7-15/h6-9,13-14,20,26H,10-12H2,1-5H3,(H,27,31)(H,28,30)/t14-,20+/m0/s1. The molecule has 8 heteroatoms. The highest BCUT2D eigenvalue weighted by Crippen LogP contribution is 2.30. The number of anilines is 1. The Morgan fingerprint density at radius 1 is 1.22 bits per heavy atom. The van der Waals surface area contributed by atoms with Crippen molar-refractivity contribution in [1.82, 2.24) is 15.6 Å². The third kappa shape index (κ3) is 5.07. The highest BCUT2D eigenvalue weighted by atomic mass is 19.1. The van der Waals surface area contributed by atoms with Gasteiger partial charge in [0, 0.05) is 30.6 Å². The van der Waals surface area contributed by atoms with Crippen LogP contribution in [0.5, 0.6) is 0 Å². The summed E-state index contributed by atoms with van der Waals surface area (Å²) in [7, 11) is 1.69. The van der Waals surface area contributed by atoms with E-state index in [1.54, 1.807) is 37.1 Å². The first-order valence-corrected chi connectivity index (χ1v) is 10.8. The molecule has 0 fully saturated rings. The Hall–Kier alpha value is -3.00. The lowest BCUT2D eigenvalue weighted by molar-refractivity contribution is -0.130. The van der Waals surface area contributed by atoms with Gasteiger partial charge in [-0.2, -0.15) is 0 Å². The van der Waals surface area contributed by atoms with E-state index in [1.165, 1.54) is 12.1 Å². The summed E-state index contributed by atoms with van der Waals surface area (Å²) < 4.78 is 13.2. The second-order valence-electron chi connectivity index (χ2n) is 9.35. The van der Waals surface area contributed by atoms with Gasteiger partial charge in [-0.25, -0.2) is 4.39 Å². The number of aromatic nitrogens is 1. The number of fused-ring (bicyclic) bond motifs is 1. The number of likely N-dealkylation sites (N-methyl/N-ethyl adjacent to an activating group) is 1. The zero-order valence-corrected chi connectivity index (χ0v) is 19.2. The molecule has 0 bridgehead atoms. The largest absolute Gasteiger partial charge is 0.342 e. The van der Waals surface area contributed by atoms with Crippen LogP contribution in [0.15, 0.2) is 35.1 Å². The first-order chi connectivity index (χ1) is 15.0. The van der Waals surface area contributed by atoms with Gasteiger partial charge in [-0.3, -0.25) is 14.4 Å². The number of nitrogens with one attached hydrogen (secondary N) is 3. The summed E-state index contributed by atoms with van der Waals surface area (Å²) in [5.41, 5.74) is 1.92. The van der Waals surface area contributed by atoms with Gasteiger partial charge in [0.15, 0.2) is 0 Å². The number of pyridine rings is 1. The van der Waals surface area contributed by atoms with E-state index >= 15 is 0 Å². The average molecular weight is 443 g/mol. The smallest absolute Gasteiger partial charge is 0.251 e. The summed E-state index contributed by atoms with van der Waals surface area (Å²) in [6, 6.07) is 6.56. The second-order valence-corrected chi connectivity index (χ2v) is 9.35. The molecule has 172 valence electrons. The zero-order valence-electron chi connectivity index (χ0n) is 19.2. The van der Waals surface area contributed by atoms with Gasteiger partial charge >= 0.3 is 0 Å². The lowest BCUT2D eigenvalue weighted by Crippen LogP contribution is -2.57. The molecule has 1 aliphatic heterocycles. The Morgan fingerprint density at radius 2 is 1.88 bits per heavy atom.